The van der Waals surface area contributed by atoms with Crippen LogP contribution in [0, 0.1) is 6.92 Å². The van der Waals surface area contributed by atoms with E-state index in [1.165, 1.54) is 19.3 Å². The SMILES string of the molecule is Cc1nc2c3c(nc(N)cc3n1)C=CC1CCCCN21. The summed E-state index contributed by atoms with van der Waals surface area (Å²) in [4.78, 5) is 16.1. The zero-order valence-corrected chi connectivity index (χ0v) is 11.5. The molecule has 0 saturated carbocycles. The van der Waals surface area contributed by atoms with E-state index in [0.717, 1.165) is 34.8 Å². The number of rotatable bonds is 0. The molecule has 0 aliphatic carbocycles. The number of aromatic nitrogens is 3. The van der Waals surface area contributed by atoms with Gasteiger partial charge >= 0.3 is 0 Å². The Bertz CT molecular complexity index is 717. The normalized spacial score (nSPS) is 20.9. The van der Waals surface area contributed by atoms with Crippen LogP contribution in [0.1, 0.15) is 30.8 Å². The van der Waals surface area contributed by atoms with Crippen molar-refractivity contribution in [2.24, 2.45) is 0 Å². The van der Waals surface area contributed by atoms with Gasteiger partial charge in [-0.3, -0.25) is 0 Å². The van der Waals surface area contributed by atoms with Crippen LogP contribution in [0.25, 0.3) is 17.0 Å². The Labute approximate surface area is 117 Å². The minimum Gasteiger partial charge on any atom is -0.384 e. The largest absolute Gasteiger partial charge is 0.384 e. The van der Waals surface area contributed by atoms with Gasteiger partial charge in [0.15, 0.2) is 0 Å². The molecular weight excluding hydrogens is 250 g/mol. The number of nitrogen functional groups attached to an aromatic ring is 1. The van der Waals surface area contributed by atoms with Crippen molar-refractivity contribution < 1.29 is 0 Å². The Morgan fingerprint density at radius 2 is 2.15 bits per heavy atom. The van der Waals surface area contributed by atoms with Crippen molar-refractivity contribution in [3.05, 3.63) is 23.7 Å². The van der Waals surface area contributed by atoms with Crippen LogP contribution in [0.2, 0.25) is 0 Å². The topological polar surface area (TPSA) is 67.9 Å². The smallest absolute Gasteiger partial charge is 0.142 e. The summed E-state index contributed by atoms with van der Waals surface area (Å²) in [5, 5.41) is 1.03. The van der Waals surface area contributed by atoms with Gasteiger partial charge in [-0.2, -0.15) is 0 Å². The number of fused-ring (bicyclic) bond motifs is 2. The van der Waals surface area contributed by atoms with Gasteiger partial charge in [0.1, 0.15) is 17.5 Å². The van der Waals surface area contributed by atoms with Crippen molar-refractivity contribution in [2.45, 2.75) is 32.2 Å². The molecule has 2 aliphatic heterocycles. The van der Waals surface area contributed by atoms with Gasteiger partial charge in [-0.1, -0.05) is 6.08 Å². The van der Waals surface area contributed by atoms with Crippen LogP contribution in [0.15, 0.2) is 12.1 Å². The second-order valence-electron chi connectivity index (χ2n) is 5.54. The van der Waals surface area contributed by atoms with Crippen molar-refractivity contribution in [2.75, 3.05) is 17.2 Å². The molecule has 4 heterocycles. The van der Waals surface area contributed by atoms with E-state index in [2.05, 4.69) is 27.0 Å². The first-order valence-electron chi connectivity index (χ1n) is 7.12. The third-order valence-electron chi connectivity index (χ3n) is 4.12. The van der Waals surface area contributed by atoms with Gasteiger partial charge in [0.2, 0.25) is 0 Å². The summed E-state index contributed by atoms with van der Waals surface area (Å²) in [6.07, 6.45) is 7.97. The molecule has 5 nitrogen and oxygen atoms in total. The van der Waals surface area contributed by atoms with Crippen LogP contribution >= 0.6 is 0 Å². The van der Waals surface area contributed by atoms with Crippen molar-refractivity contribution in [3.8, 4) is 0 Å². The first kappa shape index (κ1) is 11.6. The number of pyridine rings is 1. The molecule has 1 fully saturated rings. The molecule has 2 aromatic heterocycles. The van der Waals surface area contributed by atoms with E-state index in [0.29, 0.717) is 11.9 Å². The third-order valence-corrected chi connectivity index (χ3v) is 4.12. The number of hydrogen-bond donors (Lipinski definition) is 1. The Balaban J connectivity index is 2.07. The van der Waals surface area contributed by atoms with Crippen LogP contribution in [0.4, 0.5) is 11.6 Å². The molecular formula is C15H17N5. The molecule has 4 rings (SSSR count). The number of hydrogen-bond acceptors (Lipinski definition) is 5. The van der Waals surface area contributed by atoms with Crippen LogP contribution in [0.5, 0.6) is 0 Å². The van der Waals surface area contributed by atoms with Gasteiger partial charge in [0.05, 0.1) is 16.6 Å². The number of piperidine rings is 1. The van der Waals surface area contributed by atoms with Gasteiger partial charge in [0.25, 0.3) is 0 Å². The summed E-state index contributed by atoms with van der Waals surface area (Å²) in [6, 6.07) is 2.26. The monoisotopic (exact) mass is 267 g/mol. The molecule has 20 heavy (non-hydrogen) atoms. The van der Waals surface area contributed by atoms with E-state index < -0.39 is 0 Å². The molecule has 0 aromatic carbocycles. The van der Waals surface area contributed by atoms with Crippen LogP contribution in [-0.4, -0.2) is 27.5 Å². The number of nitrogens with zero attached hydrogens (tertiary/aromatic N) is 4. The fourth-order valence-electron chi connectivity index (χ4n) is 3.25. The van der Waals surface area contributed by atoms with E-state index in [4.69, 9.17) is 10.7 Å². The van der Waals surface area contributed by atoms with E-state index in [9.17, 15) is 0 Å². The maximum atomic E-state index is 5.90. The average molecular weight is 267 g/mol. The maximum Gasteiger partial charge on any atom is 0.142 e. The lowest BCUT2D eigenvalue weighted by atomic mass is 10.0. The molecule has 5 heteroatoms. The van der Waals surface area contributed by atoms with Crippen molar-refractivity contribution in [1.29, 1.82) is 0 Å². The molecule has 0 radical (unpaired) electrons. The highest BCUT2D eigenvalue weighted by atomic mass is 15.2. The van der Waals surface area contributed by atoms with Gasteiger partial charge in [0, 0.05) is 18.7 Å². The summed E-state index contributed by atoms with van der Waals surface area (Å²) in [5.74, 6) is 2.32. The van der Waals surface area contributed by atoms with Gasteiger partial charge in [-0.05, 0) is 32.3 Å². The van der Waals surface area contributed by atoms with Gasteiger partial charge in [-0.15, -0.1) is 0 Å². The molecule has 0 amide bonds. The zero-order chi connectivity index (χ0) is 13.7. The molecule has 2 aliphatic rings. The molecule has 1 saturated heterocycles. The minimum atomic E-state index is 0.414. The standard InChI is InChI=1S/C15H17N5/c1-9-17-12-8-13(16)19-11-6-5-10-4-2-3-7-20(10)15(18-9)14(11)12/h5-6,8,10H,2-4,7H2,1H3,(H2,16,19). The first-order chi connectivity index (χ1) is 9.72. The molecule has 2 aromatic rings. The lowest BCUT2D eigenvalue weighted by Gasteiger charge is -2.34. The summed E-state index contributed by atoms with van der Waals surface area (Å²) in [6.45, 7) is 2.98. The first-order valence-corrected chi connectivity index (χ1v) is 7.12. The highest BCUT2D eigenvalue weighted by Gasteiger charge is 2.27. The van der Waals surface area contributed by atoms with Gasteiger partial charge < -0.3 is 10.6 Å². The maximum absolute atomic E-state index is 5.90. The molecule has 2 N–H and O–H groups in total. The van der Waals surface area contributed by atoms with Crippen molar-refractivity contribution in [1.82, 2.24) is 15.0 Å². The molecule has 102 valence electrons. The summed E-state index contributed by atoms with van der Waals surface area (Å²) >= 11 is 0. The fraction of sp³-hybridized carbons (Fsp3) is 0.400. The highest BCUT2D eigenvalue weighted by Crippen LogP contribution is 2.35. The molecule has 0 spiro atoms. The molecule has 0 bridgehead atoms. The lowest BCUT2D eigenvalue weighted by molar-refractivity contribution is 0.513. The van der Waals surface area contributed by atoms with Crippen molar-refractivity contribution >= 4 is 28.6 Å². The minimum absolute atomic E-state index is 0.414. The predicted octanol–water partition coefficient (Wildman–Crippen LogP) is 2.30. The average Bonchev–Trinajstić information content (AvgIpc) is 2.57. The number of nitrogens with two attached hydrogens (primary N) is 1. The molecule has 1 atom stereocenters. The van der Waals surface area contributed by atoms with E-state index >= 15 is 0 Å². The third kappa shape index (κ3) is 1.66. The number of aryl methyl sites for hydroxylation is 1. The second-order valence-corrected chi connectivity index (χ2v) is 5.54. The fourth-order valence-corrected chi connectivity index (χ4v) is 3.25. The zero-order valence-electron chi connectivity index (χ0n) is 11.5. The Hall–Kier alpha value is -2.17. The second kappa shape index (κ2) is 4.16. The van der Waals surface area contributed by atoms with Crippen LogP contribution in [-0.2, 0) is 0 Å². The Morgan fingerprint density at radius 1 is 1.25 bits per heavy atom. The van der Waals surface area contributed by atoms with E-state index in [1.54, 1.807) is 0 Å². The summed E-state index contributed by atoms with van der Waals surface area (Å²) < 4.78 is 0. The van der Waals surface area contributed by atoms with Crippen LogP contribution in [0.3, 0.4) is 0 Å². The van der Waals surface area contributed by atoms with Crippen LogP contribution < -0.4 is 10.6 Å². The van der Waals surface area contributed by atoms with Crippen molar-refractivity contribution in [3.63, 3.8) is 0 Å². The summed E-state index contributed by atoms with van der Waals surface area (Å²) in [7, 11) is 0. The molecule has 1 unspecified atom stereocenters. The lowest BCUT2D eigenvalue weighted by Crippen LogP contribution is -2.38. The van der Waals surface area contributed by atoms with E-state index in [-0.39, 0.29) is 0 Å². The predicted molar refractivity (Wildman–Crippen MR) is 80.5 cm³/mol. The van der Waals surface area contributed by atoms with Gasteiger partial charge in [-0.25, -0.2) is 15.0 Å². The number of anilines is 2. The van der Waals surface area contributed by atoms with E-state index in [1.807, 2.05) is 13.0 Å². The quantitative estimate of drug-likeness (QED) is 0.793. The Kier molecular flexibility index (Phi) is 2.42. The highest BCUT2D eigenvalue weighted by molar-refractivity contribution is 5.97. The Morgan fingerprint density at radius 3 is 3.05 bits per heavy atom. The summed E-state index contributed by atoms with van der Waals surface area (Å²) in [5.41, 5.74) is 7.69.